The Morgan fingerprint density at radius 2 is 2.07 bits per heavy atom. The van der Waals surface area contributed by atoms with Crippen molar-refractivity contribution in [2.75, 3.05) is 6.61 Å². The summed E-state index contributed by atoms with van der Waals surface area (Å²) in [5, 5.41) is 26.1. The molecule has 3 aromatic rings. The average molecular weight is 375 g/mol. The molecule has 0 radical (unpaired) electrons. The largest absolute Gasteiger partial charge is 0.453 e. The van der Waals surface area contributed by atoms with E-state index in [1.54, 1.807) is 24.3 Å². The molecule has 0 spiro atoms. The van der Waals surface area contributed by atoms with E-state index in [9.17, 15) is 5.11 Å². The van der Waals surface area contributed by atoms with Gasteiger partial charge in [-0.3, -0.25) is 5.10 Å². The lowest BCUT2D eigenvalue weighted by atomic mass is 10.0. The molecule has 142 valence electrons. The van der Waals surface area contributed by atoms with E-state index in [4.69, 9.17) is 14.7 Å². The third-order valence-electron chi connectivity index (χ3n) is 4.84. The number of rotatable bonds is 5. The van der Waals surface area contributed by atoms with Gasteiger partial charge < -0.3 is 14.6 Å². The number of aliphatic hydroxyl groups is 1. The zero-order valence-corrected chi connectivity index (χ0v) is 15.4. The van der Waals surface area contributed by atoms with Gasteiger partial charge in [0.05, 0.1) is 18.2 Å². The lowest BCUT2D eigenvalue weighted by Gasteiger charge is -2.22. The van der Waals surface area contributed by atoms with Crippen molar-refractivity contribution < 1.29 is 14.6 Å². The summed E-state index contributed by atoms with van der Waals surface area (Å²) < 4.78 is 12.2. The number of nitrogens with zero attached hydrogens (tertiary/aromatic N) is 2. The smallest absolute Gasteiger partial charge is 0.178 e. The van der Waals surface area contributed by atoms with Gasteiger partial charge in [0, 0.05) is 12.2 Å². The Kier molecular flexibility index (Phi) is 5.38. The Hall–Kier alpha value is -3.14. The highest BCUT2D eigenvalue weighted by atomic mass is 16.5. The van der Waals surface area contributed by atoms with Gasteiger partial charge in [0.15, 0.2) is 5.75 Å². The summed E-state index contributed by atoms with van der Waals surface area (Å²) in [4.78, 5) is 0. The van der Waals surface area contributed by atoms with E-state index in [1.165, 1.54) is 0 Å². The lowest BCUT2D eigenvalue weighted by Crippen LogP contribution is -2.12. The van der Waals surface area contributed by atoms with E-state index < -0.39 is 0 Å². The van der Waals surface area contributed by atoms with Gasteiger partial charge in [0.1, 0.15) is 23.2 Å². The van der Waals surface area contributed by atoms with Crippen LogP contribution in [0, 0.1) is 11.3 Å². The van der Waals surface area contributed by atoms with Crippen LogP contribution >= 0.6 is 0 Å². The van der Waals surface area contributed by atoms with E-state index in [-0.39, 0.29) is 12.7 Å². The van der Waals surface area contributed by atoms with Crippen molar-refractivity contribution in [2.24, 2.45) is 0 Å². The van der Waals surface area contributed by atoms with E-state index in [0.29, 0.717) is 22.8 Å². The van der Waals surface area contributed by atoms with Crippen LogP contribution in [0.3, 0.4) is 0 Å². The highest BCUT2D eigenvalue weighted by Crippen LogP contribution is 2.41. The molecule has 1 aromatic heterocycles. The third-order valence-corrected chi connectivity index (χ3v) is 4.84. The molecule has 0 bridgehead atoms. The first kappa shape index (κ1) is 18.2. The molecule has 1 saturated heterocycles. The second kappa shape index (κ2) is 8.26. The molecule has 1 atom stereocenters. The van der Waals surface area contributed by atoms with Crippen LogP contribution in [0.1, 0.15) is 42.2 Å². The van der Waals surface area contributed by atoms with Crippen LogP contribution in [-0.2, 0) is 11.3 Å². The van der Waals surface area contributed by atoms with Crippen LogP contribution < -0.4 is 4.74 Å². The van der Waals surface area contributed by atoms with E-state index in [0.717, 1.165) is 42.7 Å². The topological polar surface area (TPSA) is 91.2 Å². The summed E-state index contributed by atoms with van der Waals surface area (Å²) in [5.41, 5.74) is 3.72. The van der Waals surface area contributed by atoms with Gasteiger partial charge in [-0.05, 0) is 55.2 Å². The predicted molar refractivity (Wildman–Crippen MR) is 104 cm³/mol. The van der Waals surface area contributed by atoms with Crippen molar-refractivity contribution in [3.05, 3.63) is 65.4 Å². The average Bonchev–Trinajstić information content (AvgIpc) is 3.18. The molecule has 4 rings (SSSR count). The second-order valence-corrected chi connectivity index (χ2v) is 6.77. The fourth-order valence-corrected chi connectivity index (χ4v) is 3.36. The quantitative estimate of drug-likeness (QED) is 0.686. The fourth-order valence-electron chi connectivity index (χ4n) is 3.36. The summed E-state index contributed by atoms with van der Waals surface area (Å²) in [5.74, 6) is 1.24. The molecule has 0 saturated carbocycles. The maximum absolute atomic E-state index is 9.47. The first-order valence-corrected chi connectivity index (χ1v) is 9.36. The van der Waals surface area contributed by atoms with Crippen LogP contribution in [0.25, 0.3) is 11.3 Å². The molecule has 2 heterocycles. The Bertz CT molecular complexity index is 983. The lowest BCUT2D eigenvalue weighted by molar-refractivity contribution is 0.0112. The predicted octanol–water partition coefficient (Wildman–Crippen LogP) is 4.47. The van der Waals surface area contributed by atoms with E-state index in [1.807, 2.05) is 24.3 Å². The monoisotopic (exact) mass is 375 g/mol. The molecule has 6 heteroatoms. The number of hydrogen-bond donors (Lipinski definition) is 2. The minimum Gasteiger partial charge on any atom is -0.453 e. The van der Waals surface area contributed by atoms with Gasteiger partial charge in [-0.25, -0.2) is 0 Å². The van der Waals surface area contributed by atoms with Crippen LogP contribution in [0.15, 0.2) is 48.5 Å². The van der Waals surface area contributed by atoms with Crippen molar-refractivity contribution in [1.82, 2.24) is 10.2 Å². The minimum absolute atomic E-state index is 0.0390. The minimum atomic E-state index is -0.0931. The van der Waals surface area contributed by atoms with Gasteiger partial charge in [-0.1, -0.05) is 18.2 Å². The number of H-pyrrole nitrogens is 1. The van der Waals surface area contributed by atoms with Crippen molar-refractivity contribution in [3.8, 4) is 28.8 Å². The molecule has 6 nitrogen and oxygen atoms in total. The SMILES string of the molecule is N#Cc1ccc(Oc2c(-c3cccc(CO)c3)n[nH]c2C2CCCCO2)cc1. The highest BCUT2D eigenvalue weighted by molar-refractivity contribution is 5.69. The maximum atomic E-state index is 9.47. The number of nitrogens with one attached hydrogen (secondary N) is 1. The Morgan fingerprint density at radius 1 is 1.21 bits per heavy atom. The zero-order valence-electron chi connectivity index (χ0n) is 15.4. The number of aromatic amines is 1. The third kappa shape index (κ3) is 3.77. The fraction of sp³-hybridized carbons (Fsp3) is 0.273. The highest BCUT2D eigenvalue weighted by Gasteiger charge is 2.26. The summed E-state index contributed by atoms with van der Waals surface area (Å²) in [6.07, 6.45) is 2.96. The van der Waals surface area contributed by atoms with Gasteiger partial charge in [0.25, 0.3) is 0 Å². The summed E-state index contributed by atoms with van der Waals surface area (Å²) in [6.45, 7) is 0.679. The van der Waals surface area contributed by atoms with Gasteiger partial charge in [-0.2, -0.15) is 10.4 Å². The number of aromatic nitrogens is 2. The number of hydrogen-bond acceptors (Lipinski definition) is 5. The Morgan fingerprint density at radius 3 is 2.79 bits per heavy atom. The number of benzene rings is 2. The van der Waals surface area contributed by atoms with Crippen molar-refractivity contribution >= 4 is 0 Å². The molecule has 1 aliphatic rings. The van der Waals surface area contributed by atoms with E-state index >= 15 is 0 Å². The second-order valence-electron chi connectivity index (χ2n) is 6.77. The molecule has 1 fully saturated rings. The zero-order chi connectivity index (χ0) is 19.3. The first-order valence-electron chi connectivity index (χ1n) is 9.36. The summed E-state index contributed by atoms with van der Waals surface area (Å²) in [6, 6.07) is 16.7. The van der Waals surface area contributed by atoms with Crippen molar-refractivity contribution in [1.29, 1.82) is 5.26 Å². The van der Waals surface area contributed by atoms with Crippen LogP contribution in [-0.4, -0.2) is 21.9 Å². The molecule has 0 amide bonds. The molecule has 28 heavy (non-hydrogen) atoms. The number of nitriles is 1. The van der Waals surface area contributed by atoms with Crippen LogP contribution in [0.2, 0.25) is 0 Å². The molecule has 1 aliphatic heterocycles. The Labute approximate surface area is 163 Å². The molecule has 2 aromatic carbocycles. The van der Waals surface area contributed by atoms with Crippen molar-refractivity contribution in [3.63, 3.8) is 0 Å². The molecule has 0 aliphatic carbocycles. The standard InChI is InChI=1S/C22H21N3O3/c23-13-15-7-9-18(10-8-15)28-22-20(17-5-3-4-16(12-17)14-26)24-25-21(22)19-6-1-2-11-27-19/h3-5,7-10,12,19,26H,1-2,6,11,14H2,(H,24,25). The molecular formula is C22H21N3O3. The summed E-state index contributed by atoms with van der Waals surface area (Å²) in [7, 11) is 0. The maximum Gasteiger partial charge on any atom is 0.178 e. The molecular weight excluding hydrogens is 354 g/mol. The Balaban J connectivity index is 1.74. The number of ether oxygens (including phenoxy) is 2. The van der Waals surface area contributed by atoms with Crippen LogP contribution in [0.4, 0.5) is 0 Å². The van der Waals surface area contributed by atoms with Crippen molar-refractivity contribution in [2.45, 2.75) is 32.0 Å². The molecule has 1 unspecified atom stereocenters. The van der Waals surface area contributed by atoms with Gasteiger partial charge in [0.2, 0.25) is 0 Å². The van der Waals surface area contributed by atoms with Gasteiger partial charge >= 0.3 is 0 Å². The summed E-state index contributed by atoms with van der Waals surface area (Å²) >= 11 is 0. The van der Waals surface area contributed by atoms with Crippen LogP contribution in [0.5, 0.6) is 11.5 Å². The number of aliphatic hydroxyl groups excluding tert-OH is 1. The molecule has 2 N–H and O–H groups in total. The van der Waals surface area contributed by atoms with E-state index in [2.05, 4.69) is 16.3 Å². The normalized spacial score (nSPS) is 16.5. The first-order chi connectivity index (χ1) is 13.8. The van der Waals surface area contributed by atoms with Gasteiger partial charge in [-0.15, -0.1) is 0 Å².